The van der Waals surface area contributed by atoms with Gasteiger partial charge in [0.05, 0.1) is 0 Å². The Morgan fingerprint density at radius 2 is 1.90 bits per heavy atom. The molecule has 0 bridgehead atoms. The van der Waals surface area contributed by atoms with Gasteiger partial charge in [-0.25, -0.2) is 0 Å². The number of amides is 1. The van der Waals surface area contributed by atoms with Crippen LogP contribution >= 0.6 is 24.0 Å². The first-order chi connectivity index (χ1) is 9.66. The van der Waals surface area contributed by atoms with Crippen LogP contribution in [0.25, 0.3) is 0 Å². The zero-order chi connectivity index (χ0) is 14.4. The second kappa shape index (κ2) is 8.59. The number of nitrogens with one attached hydrogen (secondary N) is 1. The molecule has 0 aliphatic carbocycles. The minimum Gasteiger partial charge on any atom is -0.381 e. The fourth-order valence-corrected chi connectivity index (χ4v) is 2.75. The van der Waals surface area contributed by atoms with Crippen LogP contribution < -0.4 is 11.1 Å². The predicted octanol–water partition coefficient (Wildman–Crippen LogP) is 2.28. The quantitative estimate of drug-likeness (QED) is 0.869. The highest BCUT2D eigenvalue weighted by Gasteiger charge is 2.34. The topological polar surface area (TPSA) is 64.4 Å². The van der Waals surface area contributed by atoms with Gasteiger partial charge in [0, 0.05) is 43.2 Å². The van der Waals surface area contributed by atoms with E-state index in [-0.39, 0.29) is 23.7 Å². The fourth-order valence-electron chi connectivity index (χ4n) is 2.62. The number of halogens is 2. The molecule has 0 saturated carbocycles. The lowest BCUT2D eigenvalue weighted by atomic mass is 9.74. The van der Waals surface area contributed by atoms with E-state index < -0.39 is 0 Å². The van der Waals surface area contributed by atoms with Gasteiger partial charge in [0.1, 0.15) is 0 Å². The molecule has 3 N–H and O–H groups in total. The summed E-state index contributed by atoms with van der Waals surface area (Å²) in [4.78, 5) is 11.7. The average Bonchev–Trinajstić information content (AvgIpc) is 2.47. The van der Waals surface area contributed by atoms with E-state index in [0.717, 1.165) is 31.1 Å². The Bertz CT molecular complexity index is 445. The Hall–Kier alpha value is -0.810. The summed E-state index contributed by atoms with van der Waals surface area (Å²) in [5, 5.41) is 3.72. The SMILES string of the molecule is Cl.NCCC(=O)NCC1(c2ccc(Cl)cc2)CCOCC1. The molecule has 0 atom stereocenters. The first kappa shape index (κ1) is 18.2. The summed E-state index contributed by atoms with van der Waals surface area (Å²) in [6, 6.07) is 7.89. The molecular formula is C15H22Cl2N2O2. The molecule has 1 amide bonds. The van der Waals surface area contributed by atoms with Gasteiger partial charge in [0.2, 0.25) is 5.91 Å². The van der Waals surface area contributed by atoms with Crippen molar-refractivity contribution in [3.63, 3.8) is 0 Å². The van der Waals surface area contributed by atoms with Crippen LogP contribution in [0.3, 0.4) is 0 Å². The molecule has 0 unspecified atom stereocenters. The van der Waals surface area contributed by atoms with Crippen molar-refractivity contribution in [2.45, 2.75) is 24.7 Å². The number of ether oxygens (including phenoxy) is 1. The highest BCUT2D eigenvalue weighted by atomic mass is 35.5. The van der Waals surface area contributed by atoms with E-state index in [0.29, 0.717) is 19.5 Å². The molecule has 21 heavy (non-hydrogen) atoms. The lowest BCUT2D eigenvalue weighted by Crippen LogP contribution is -2.44. The molecule has 0 radical (unpaired) electrons. The summed E-state index contributed by atoms with van der Waals surface area (Å²) in [6.07, 6.45) is 2.17. The number of rotatable bonds is 5. The van der Waals surface area contributed by atoms with Gasteiger partial charge in [0.15, 0.2) is 0 Å². The molecule has 0 spiro atoms. The van der Waals surface area contributed by atoms with Crippen LogP contribution in [0, 0.1) is 0 Å². The Morgan fingerprint density at radius 1 is 1.29 bits per heavy atom. The van der Waals surface area contributed by atoms with Gasteiger partial charge in [-0.3, -0.25) is 4.79 Å². The Balaban J connectivity index is 0.00000220. The van der Waals surface area contributed by atoms with Crippen molar-refractivity contribution in [1.82, 2.24) is 5.32 Å². The summed E-state index contributed by atoms with van der Waals surface area (Å²) < 4.78 is 5.47. The summed E-state index contributed by atoms with van der Waals surface area (Å²) >= 11 is 5.96. The fraction of sp³-hybridized carbons (Fsp3) is 0.533. The summed E-state index contributed by atoms with van der Waals surface area (Å²) in [5.41, 5.74) is 6.55. The van der Waals surface area contributed by atoms with Gasteiger partial charge >= 0.3 is 0 Å². The minimum atomic E-state index is -0.0624. The van der Waals surface area contributed by atoms with Gasteiger partial charge in [-0.15, -0.1) is 12.4 Å². The number of nitrogens with two attached hydrogens (primary N) is 1. The van der Waals surface area contributed by atoms with Crippen molar-refractivity contribution in [3.8, 4) is 0 Å². The lowest BCUT2D eigenvalue weighted by Gasteiger charge is -2.38. The number of benzene rings is 1. The van der Waals surface area contributed by atoms with Crippen LogP contribution in [0.5, 0.6) is 0 Å². The predicted molar refractivity (Wildman–Crippen MR) is 87.1 cm³/mol. The van der Waals surface area contributed by atoms with Crippen molar-refractivity contribution in [1.29, 1.82) is 0 Å². The van der Waals surface area contributed by atoms with Crippen molar-refractivity contribution < 1.29 is 9.53 Å². The minimum absolute atomic E-state index is 0. The number of carbonyl (C=O) groups excluding carboxylic acids is 1. The molecule has 1 aliphatic heterocycles. The van der Waals surface area contributed by atoms with E-state index in [1.807, 2.05) is 24.3 Å². The molecular weight excluding hydrogens is 311 g/mol. The summed E-state index contributed by atoms with van der Waals surface area (Å²) in [5.74, 6) is 0.00679. The van der Waals surface area contributed by atoms with Crippen LogP contribution in [0.1, 0.15) is 24.8 Å². The first-order valence-electron chi connectivity index (χ1n) is 6.97. The third kappa shape index (κ3) is 4.85. The van der Waals surface area contributed by atoms with E-state index in [2.05, 4.69) is 5.32 Å². The standard InChI is InChI=1S/C15H21ClN2O2.ClH/c16-13-3-1-12(2-4-13)15(6-9-20-10-7-15)11-18-14(19)5-8-17;/h1-4H,5-11,17H2,(H,18,19);1H. The molecule has 4 nitrogen and oxygen atoms in total. The van der Waals surface area contributed by atoms with E-state index in [1.54, 1.807) is 0 Å². The number of hydrogen-bond acceptors (Lipinski definition) is 3. The molecule has 0 aromatic heterocycles. The van der Waals surface area contributed by atoms with Gasteiger partial charge in [-0.05, 0) is 30.5 Å². The zero-order valence-corrected chi connectivity index (χ0v) is 13.5. The van der Waals surface area contributed by atoms with Crippen molar-refractivity contribution in [2.24, 2.45) is 5.73 Å². The molecule has 1 fully saturated rings. The maximum Gasteiger partial charge on any atom is 0.221 e. The maximum atomic E-state index is 11.7. The molecule has 118 valence electrons. The van der Waals surface area contributed by atoms with Crippen molar-refractivity contribution in [2.75, 3.05) is 26.3 Å². The van der Waals surface area contributed by atoms with Crippen LogP contribution in [0.4, 0.5) is 0 Å². The van der Waals surface area contributed by atoms with E-state index in [4.69, 9.17) is 22.1 Å². The second-order valence-electron chi connectivity index (χ2n) is 5.22. The molecule has 2 rings (SSSR count). The van der Waals surface area contributed by atoms with E-state index in [1.165, 1.54) is 5.56 Å². The Labute approximate surface area is 136 Å². The van der Waals surface area contributed by atoms with Crippen LogP contribution in [0.15, 0.2) is 24.3 Å². The van der Waals surface area contributed by atoms with Gasteiger partial charge in [0.25, 0.3) is 0 Å². The van der Waals surface area contributed by atoms with Gasteiger partial charge in [-0.1, -0.05) is 23.7 Å². The van der Waals surface area contributed by atoms with Gasteiger partial charge in [-0.2, -0.15) is 0 Å². The Kier molecular flexibility index (Phi) is 7.46. The summed E-state index contributed by atoms with van der Waals surface area (Å²) in [6.45, 7) is 2.44. The monoisotopic (exact) mass is 332 g/mol. The molecule has 1 saturated heterocycles. The number of hydrogen-bond donors (Lipinski definition) is 2. The number of carbonyl (C=O) groups is 1. The van der Waals surface area contributed by atoms with Crippen LogP contribution in [0.2, 0.25) is 5.02 Å². The van der Waals surface area contributed by atoms with Crippen molar-refractivity contribution in [3.05, 3.63) is 34.9 Å². The molecule has 1 aromatic carbocycles. The molecule has 1 aliphatic rings. The van der Waals surface area contributed by atoms with Crippen LogP contribution in [-0.4, -0.2) is 32.2 Å². The highest BCUT2D eigenvalue weighted by molar-refractivity contribution is 6.30. The maximum absolute atomic E-state index is 11.7. The second-order valence-corrected chi connectivity index (χ2v) is 5.65. The molecule has 1 heterocycles. The third-order valence-corrected chi connectivity index (χ3v) is 4.15. The highest BCUT2D eigenvalue weighted by Crippen LogP contribution is 2.34. The Morgan fingerprint density at radius 3 is 2.48 bits per heavy atom. The smallest absolute Gasteiger partial charge is 0.221 e. The molecule has 1 aromatic rings. The third-order valence-electron chi connectivity index (χ3n) is 3.90. The van der Waals surface area contributed by atoms with Crippen LogP contribution in [-0.2, 0) is 14.9 Å². The summed E-state index contributed by atoms with van der Waals surface area (Å²) in [7, 11) is 0. The van der Waals surface area contributed by atoms with Crippen molar-refractivity contribution >= 4 is 29.9 Å². The lowest BCUT2D eigenvalue weighted by molar-refractivity contribution is -0.121. The average molecular weight is 333 g/mol. The zero-order valence-electron chi connectivity index (χ0n) is 11.9. The molecule has 6 heteroatoms. The van der Waals surface area contributed by atoms with Gasteiger partial charge < -0.3 is 15.8 Å². The first-order valence-corrected chi connectivity index (χ1v) is 7.35. The normalized spacial score (nSPS) is 16.9. The largest absolute Gasteiger partial charge is 0.381 e. The van der Waals surface area contributed by atoms with E-state index >= 15 is 0 Å². The van der Waals surface area contributed by atoms with E-state index in [9.17, 15) is 4.79 Å².